The van der Waals surface area contributed by atoms with Gasteiger partial charge < -0.3 is 19.2 Å². The molecule has 1 N–H and O–H groups in total. The van der Waals surface area contributed by atoms with E-state index >= 15 is 0 Å². The van der Waals surface area contributed by atoms with Crippen LogP contribution in [0.2, 0.25) is 0 Å². The summed E-state index contributed by atoms with van der Waals surface area (Å²) >= 11 is 0. The summed E-state index contributed by atoms with van der Waals surface area (Å²) in [4.78, 5) is 3.85. The van der Waals surface area contributed by atoms with Crippen molar-refractivity contribution in [3.05, 3.63) is 13.8 Å². The van der Waals surface area contributed by atoms with Crippen LogP contribution < -0.4 is 5.32 Å². The summed E-state index contributed by atoms with van der Waals surface area (Å²) in [6.45, 7) is 13.4. The summed E-state index contributed by atoms with van der Waals surface area (Å²) in [6.07, 6.45) is 6.29. The van der Waals surface area contributed by atoms with E-state index in [1.165, 1.54) is 12.8 Å². The molecule has 0 unspecified atom stereocenters. The first kappa shape index (κ1) is 19.5. The number of aliphatic imine (C=N–C) groups is 1. The molecule has 0 atom stereocenters. The second kappa shape index (κ2) is 23.1. The number of nitrogens with zero attached hydrogens (tertiary/aromatic N) is 1. The quantitative estimate of drug-likeness (QED) is 0.585. The predicted octanol–water partition coefficient (Wildman–Crippen LogP) is 2.86. The fourth-order valence-corrected chi connectivity index (χ4v) is 0.323. The maximum Gasteiger partial charge on any atom is 2.00 e. The number of hydrogen-bond acceptors (Lipinski definition) is 2. The van der Waals surface area contributed by atoms with E-state index in [0.29, 0.717) is 0 Å². The van der Waals surface area contributed by atoms with E-state index in [4.69, 9.17) is 0 Å². The Hall–Kier alpha value is -0.0365. The van der Waals surface area contributed by atoms with Crippen LogP contribution in [-0.2, 0) is 16.5 Å². The first-order valence-electron chi connectivity index (χ1n) is 5.13. The summed E-state index contributed by atoms with van der Waals surface area (Å²) in [6, 6.07) is 0. The Morgan fingerprint density at radius 3 is 1.71 bits per heavy atom. The molecule has 1 aliphatic heterocycles. The van der Waals surface area contributed by atoms with E-state index in [1.54, 1.807) is 6.34 Å². The Balaban J connectivity index is -0.000000127. The number of unbranched alkanes of at least 4 members (excludes halogenated alkanes) is 2. The molecule has 1 aliphatic rings. The normalized spacial score (nSPS) is 11.1. The second-order valence-corrected chi connectivity index (χ2v) is 2.70. The average molecular weight is 243 g/mol. The van der Waals surface area contributed by atoms with E-state index in [1.807, 2.05) is 0 Å². The molecule has 0 saturated heterocycles. The molecule has 2 nitrogen and oxygen atoms in total. The standard InChI is InChI=1S/2C4H9.C3H6N2.Ni/c2*1-3-4-2;1-2-5-3-4-1;/h2*1,3-4H2,2H3;3H,1-2H2,(H,4,5);/q2*-1;;+2. The van der Waals surface area contributed by atoms with Gasteiger partial charge in [-0.15, -0.1) is 0 Å². The number of rotatable bonds is 2. The van der Waals surface area contributed by atoms with E-state index in [0.717, 1.165) is 25.9 Å². The van der Waals surface area contributed by atoms with Crippen molar-refractivity contribution in [1.29, 1.82) is 0 Å². The molecule has 0 fully saturated rings. The van der Waals surface area contributed by atoms with Gasteiger partial charge in [-0.1, -0.05) is 26.7 Å². The Labute approximate surface area is 99.9 Å². The molecule has 0 bridgehead atoms. The zero-order valence-corrected chi connectivity index (χ0v) is 10.5. The van der Waals surface area contributed by atoms with Crippen molar-refractivity contribution < 1.29 is 16.5 Å². The van der Waals surface area contributed by atoms with Crippen molar-refractivity contribution in [3.63, 3.8) is 0 Å². The maximum absolute atomic E-state index is 3.85. The van der Waals surface area contributed by atoms with E-state index in [2.05, 4.69) is 38.0 Å². The van der Waals surface area contributed by atoms with Crippen molar-refractivity contribution in [3.8, 4) is 0 Å². The minimum Gasteiger partial charge on any atom is -0.375 e. The zero-order valence-electron chi connectivity index (χ0n) is 9.50. The van der Waals surface area contributed by atoms with Gasteiger partial charge in [0.15, 0.2) is 0 Å². The van der Waals surface area contributed by atoms with Crippen LogP contribution in [0.4, 0.5) is 0 Å². The fraction of sp³-hybridized carbons (Fsp3) is 0.727. The number of nitrogens with one attached hydrogen (secondary N) is 1. The van der Waals surface area contributed by atoms with Crippen LogP contribution >= 0.6 is 0 Å². The fourth-order valence-electron chi connectivity index (χ4n) is 0.323. The van der Waals surface area contributed by atoms with Crippen molar-refractivity contribution in [2.24, 2.45) is 4.99 Å². The van der Waals surface area contributed by atoms with Gasteiger partial charge in [0.1, 0.15) is 0 Å². The first-order valence-corrected chi connectivity index (χ1v) is 5.13. The third-order valence-corrected chi connectivity index (χ3v) is 1.27. The van der Waals surface area contributed by atoms with Gasteiger partial charge in [0.25, 0.3) is 0 Å². The van der Waals surface area contributed by atoms with Crippen LogP contribution in [0.1, 0.15) is 39.5 Å². The molecule has 88 valence electrons. The van der Waals surface area contributed by atoms with Gasteiger partial charge in [0.2, 0.25) is 0 Å². The molecule has 14 heavy (non-hydrogen) atoms. The Morgan fingerprint density at radius 1 is 1.21 bits per heavy atom. The van der Waals surface area contributed by atoms with Crippen LogP contribution in [0.25, 0.3) is 0 Å². The van der Waals surface area contributed by atoms with Gasteiger partial charge in [-0.25, -0.2) is 0 Å². The van der Waals surface area contributed by atoms with Gasteiger partial charge in [0.05, 0.1) is 12.9 Å². The molecule has 1 rings (SSSR count). The Kier molecular flexibility index (Phi) is 32.2. The summed E-state index contributed by atoms with van der Waals surface area (Å²) in [5.74, 6) is 0. The average Bonchev–Trinajstić information content (AvgIpc) is 2.76. The topological polar surface area (TPSA) is 24.4 Å². The van der Waals surface area contributed by atoms with E-state index < -0.39 is 0 Å². The third kappa shape index (κ3) is 29.7. The van der Waals surface area contributed by atoms with Gasteiger partial charge in [0, 0.05) is 6.54 Å². The van der Waals surface area contributed by atoms with Gasteiger partial charge in [-0.2, -0.15) is 12.8 Å². The summed E-state index contributed by atoms with van der Waals surface area (Å²) in [7, 11) is 0. The van der Waals surface area contributed by atoms with Crippen LogP contribution in [0.5, 0.6) is 0 Å². The molecule has 0 spiro atoms. The number of hydrogen-bond donors (Lipinski definition) is 1. The van der Waals surface area contributed by atoms with E-state index in [9.17, 15) is 0 Å². The Bertz CT molecular complexity index is 81.3. The molecule has 1 heterocycles. The molecule has 0 aromatic rings. The molecule has 0 aromatic heterocycles. The molecular weight excluding hydrogens is 219 g/mol. The predicted molar refractivity (Wildman–Crippen MR) is 61.9 cm³/mol. The molecule has 0 aromatic carbocycles. The van der Waals surface area contributed by atoms with Crippen molar-refractivity contribution in [2.75, 3.05) is 13.1 Å². The summed E-state index contributed by atoms with van der Waals surface area (Å²) < 4.78 is 0. The van der Waals surface area contributed by atoms with Gasteiger partial charge >= 0.3 is 16.5 Å². The second-order valence-electron chi connectivity index (χ2n) is 2.70. The molecule has 0 radical (unpaired) electrons. The maximum atomic E-state index is 3.85. The van der Waals surface area contributed by atoms with Crippen molar-refractivity contribution in [2.45, 2.75) is 39.5 Å². The van der Waals surface area contributed by atoms with Gasteiger partial charge in [-0.3, -0.25) is 4.99 Å². The monoisotopic (exact) mass is 242 g/mol. The summed E-state index contributed by atoms with van der Waals surface area (Å²) in [5.41, 5.74) is 0. The molecule has 0 saturated carbocycles. The molecule has 0 aliphatic carbocycles. The van der Waals surface area contributed by atoms with Gasteiger partial charge in [-0.05, 0) is 0 Å². The molecule has 3 heteroatoms. The van der Waals surface area contributed by atoms with Crippen LogP contribution in [-0.4, -0.2) is 19.4 Å². The smallest absolute Gasteiger partial charge is 0.375 e. The molecular formula is C11H24N2Ni. The van der Waals surface area contributed by atoms with E-state index in [-0.39, 0.29) is 16.5 Å². The largest absolute Gasteiger partial charge is 2.00 e. The minimum absolute atomic E-state index is 0. The molecule has 0 amide bonds. The van der Waals surface area contributed by atoms with Crippen LogP contribution in [0, 0.1) is 13.8 Å². The SMILES string of the molecule is C1=NCCN1.[CH2-]CCC.[CH2-]CCC.[Ni+2]. The minimum atomic E-state index is 0. The summed E-state index contributed by atoms with van der Waals surface area (Å²) in [5, 5.41) is 2.93. The van der Waals surface area contributed by atoms with Crippen molar-refractivity contribution in [1.82, 2.24) is 5.32 Å². The van der Waals surface area contributed by atoms with Crippen LogP contribution in [0.3, 0.4) is 0 Å². The van der Waals surface area contributed by atoms with Crippen molar-refractivity contribution >= 4 is 6.34 Å². The zero-order chi connectivity index (χ0) is 10.4. The van der Waals surface area contributed by atoms with Crippen LogP contribution in [0.15, 0.2) is 4.99 Å². The Morgan fingerprint density at radius 2 is 1.64 bits per heavy atom. The first-order chi connectivity index (χ1) is 6.33. The third-order valence-electron chi connectivity index (χ3n) is 1.27.